The fourth-order valence-corrected chi connectivity index (χ4v) is 3.53. The van der Waals surface area contributed by atoms with Crippen LogP contribution in [-0.4, -0.2) is 13.2 Å². The van der Waals surface area contributed by atoms with Gasteiger partial charge >= 0.3 is 0 Å². The standard InChI is InChI=1S/C10H12ClP.CH5N/c1-7-5-8(11)6-10-9(7)3-2-4-12-10;1-2/h5-6,12H,2-4H2,1H3;2H2,1H3. The average Bonchev–Trinajstić information content (AvgIpc) is 2.20. The molecule has 1 nitrogen and oxygen atoms in total. The average molecular weight is 230 g/mol. The van der Waals surface area contributed by atoms with Gasteiger partial charge in [0.25, 0.3) is 0 Å². The summed E-state index contributed by atoms with van der Waals surface area (Å²) in [6, 6.07) is 4.22. The number of hydrogen-bond acceptors (Lipinski definition) is 1. The zero-order chi connectivity index (χ0) is 10.6. The Morgan fingerprint density at radius 2 is 2.07 bits per heavy atom. The van der Waals surface area contributed by atoms with Crippen molar-refractivity contribution in [2.24, 2.45) is 5.73 Å². The molecule has 2 N–H and O–H groups in total. The number of aryl methyl sites for hydroxylation is 1. The van der Waals surface area contributed by atoms with Crippen LogP contribution in [0.2, 0.25) is 5.02 Å². The fraction of sp³-hybridized carbons (Fsp3) is 0.455. The summed E-state index contributed by atoms with van der Waals surface area (Å²) in [6.45, 7) is 2.17. The van der Waals surface area contributed by atoms with Gasteiger partial charge in [0, 0.05) is 5.02 Å². The molecule has 1 unspecified atom stereocenters. The second-order valence-corrected chi connectivity index (χ2v) is 5.11. The molecule has 2 rings (SSSR count). The van der Waals surface area contributed by atoms with Gasteiger partial charge < -0.3 is 5.73 Å². The Labute approximate surface area is 92.8 Å². The van der Waals surface area contributed by atoms with Gasteiger partial charge in [0.05, 0.1) is 0 Å². The van der Waals surface area contributed by atoms with E-state index in [0.717, 1.165) is 13.6 Å². The number of fused-ring (bicyclic) bond motifs is 1. The minimum absolute atomic E-state index is 0.903. The van der Waals surface area contributed by atoms with Crippen molar-refractivity contribution in [1.82, 2.24) is 0 Å². The van der Waals surface area contributed by atoms with Crippen molar-refractivity contribution in [1.29, 1.82) is 0 Å². The summed E-state index contributed by atoms with van der Waals surface area (Å²) in [5.74, 6) is 0. The van der Waals surface area contributed by atoms with Crippen molar-refractivity contribution in [3.05, 3.63) is 28.3 Å². The minimum atomic E-state index is 0.903. The molecule has 78 valence electrons. The molecule has 0 fully saturated rings. The van der Waals surface area contributed by atoms with Gasteiger partial charge in [-0.3, -0.25) is 0 Å². The van der Waals surface area contributed by atoms with Gasteiger partial charge in [-0.2, -0.15) is 0 Å². The van der Waals surface area contributed by atoms with E-state index >= 15 is 0 Å². The van der Waals surface area contributed by atoms with Gasteiger partial charge in [-0.05, 0) is 61.5 Å². The van der Waals surface area contributed by atoms with Gasteiger partial charge in [0.1, 0.15) is 0 Å². The van der Waals surface area contributed by atoms with Crippen LogP contribution in [0.1, 0.15) is 17.5 Å². The Morgan fingerprint density at radius 1 is 1.36 bits per heavy atom. The zero-order valence-corrected chi connectivity index (χ0v) is 10.5. The molecule has 0 bridgehead atoms. The van der Waals surface area contributed by atoms with Crippen molar-refractivity contribution < 1.29 is 0 Å². The first-order valence-corrected chi connectivity index (χ1v) is 6.46. The third-order valence-corrected chi connectivity index (χ3v) is 4.01. The van der Waals surface area contributed by atoms with Crippen LogP contribution in [0.25, 0.3) is 0 Å². The summed E-state index contributed by atoms with van der Waals surface area (Å²) in [5.41, 5.74) is 7.44. The minimum Gasteiger partial charge on any atom is -0.333 e. The summed E-state index contributed by atoms with van der Waals surface area (Å²) in [5, 5.41) is 2.41. The maximum atomic E-state index is 5.99. The summed E-state index contributed by atoms with van der Waals surface area (Å²) in [7, 11) is 2.48. The van der Waals surface area contributed by atoms with E-state index in [1.165, 1.54) is 36.9 Å². The Bertz CT molecular complexity index is 312. The molecular weight excluding hydrogens is 213 g/mol. The van der Waals surface area contributed by atoms with Crippen LogP contribution in [0.15, 0.2) is 12.1 Å². The summed E-state index contributed by atoms with van der Waals surface area (Å²) < 4.78 is 0. The molecule has 1 atom stereocenters. The van der Waals surface area contributed by atoms with Gasteiger partial charge in [-0.15, -0.1) is 0 Å². The second-order valence-electron chi connectivity index (χ2n) is 3.28. The highest BCUT2D eigenvalue weighted by Gasteiger charge is 2.11. The van der Waals surface area contributed by atoms with Crippen LogP contribution in [0, 0.1) is 6.92 Å². The van der Waals surface area contributed by atoms with Crippen molar-refractivity contribution in [2.75, 3.05) is 13.2 Å². The summed E-state index contributed by atoms with van der Waals surface area (Å²) in [4.78, 5) is 0. The molecule has 0 aromatic heterocycles. The molecule has 1 aromatic carbocycles. The number of nitrogens with two attached hydrogens (primary N) is 1. The Hall–Kier alpha value is -0.100. The lowest BCUT2D eigenvalue weighted by Gasteiger charge is -2.18. The molecule has 14 heavy (non-hydrogen) atoms. The van der Waals surface area contributed by atoms with E-state index in [1.54, 1.807) is 5.56 Å². The first kappa shape index (κ1) is 12.0. The zero-order valence-electron chi connectivity index (χ0n) is 8.73. The van der Waals surface area contributed by atoms with Crippen molar-refractivity contribution in [2.45, 2.75) is 19.8 Å². The van der Waals surface area contributed by atoms with Crippen LogP contribution < -0.4 is 11.0 Å². The second kappa shape index (κ2) is 5.70. The van der Waals surface area contributed by atoms with E-state index in [9.17, 15) is 0 Å². The Morgan fingerprint density at radius 3 is 2.79 bits per heavy atom. The van der Waals surface area contributed by atoms with Crippen molar-refractivity contribution >= 4 is 25.5 Å². The Balaban J connectivity index is 0.000000461. The molecule has 3 heteroatoms. The first-order valence-electron chi connectivity index (χ1n) is 4.88. The summed E-state index contributed by atoms with van der Waals surface area (Å²) in [6.07, 6.45) is 3.96. The van der Waals surface area contributed by atoms with Crippen LogP contribution in [0.5, 0.6) is 0 Å². The van der Waals surface area contributed by atoms with Gasteiger partial charge in [-0.1, -0.05) is 20.2 Å². The van der Waals surface area contributed by atoms with E-state index in [1.807, 2.05) is 0 Å². The SMILES string of the molecule is CN.Cc1cc(Cl)cc2c1CCCP2. The normalized spacial score (nSPS) is 15.7. The lowest BCUT2D eigenvalue weighted by atomic mass is 10.0. The van der Waals surface area contributed by atoms with Crippen LogP contribution in [-0.2, 0) is 6.42 Å². The van der Waals surface area contributed by atoms with Crippen LogP contribution in [0.4, 0.5) is 0 Å². The third kappa shape index (κ3) is 2.70. The largest absolute Gasteiger partial charge is 0.333 e. The quantitative estimate of drug-likeness (QED) is 0.680. The Kier molecular flexibility index (Phi) is 4.88. The fourth-order valence-electron chi connectivity index (χ4n) is 1.75. The molecule has 1 aliphatic rings. The van der Waals surface area contributed by atoms with Crippen molar-refractivity contribution in [3.8, 4) is 0 Å². The summed E-state index contributed by atoms with van der Waals surface area (Å²) >= 11 is 5.99. The van der Waals surface area contributed by atoms with E-state index in [4.69, 9.17) is 11.6 Å². The number of rotatable bonds is 0. The van der Waals surface area contributed by atoms with E-state index < -0.39 is 0 Å². The smallest absolute Gasteiger partial charge is 0.0415 e. The molecule has 0 radical (unpaired) electrons. The van der Waals surface area contributed by atoms with E-state index in [2.05, 4.69) is 24.8 Å². The van der Waals surface area contributed by atoms with Gasteiger partial charge in [-0.25, -0.2) is 0 Å². The highest BCUT2D eigenvalue weighted by atomic mass is 35.5. The molecular formula is C11H17ClNP. The van der Waals surface area contributed by atoms with Crippen LogP contribution in [0.3, 0.4) is 0 Å². The number of halogens is 1. The topological polar surface area (TPSA) is 26.0 Å². The third-order valence-electron chi connectivity index (χ3n) is 2.36. The molecule has 0 saturated carbocycles. The molecule has 0 saturated heterocycles. The van der Waals surface area contributed by atoms with Gasteiger partial charge in [0.15, 0.2) is 0 Å². The van der Waals surface area contributed by atoms with E-state index in [0.29, 0.717) is 0 Å². The molecule has 0 amide bonds. The molecule has 0 spiro atoms. The number of benzene rings is 1. The lowest BCUT2D eigenvalue weighted by Crippen LogP contribution is -2.12. The van der Waals surface area contributed by atoms with Crippen LogP contribution >= 0.6 is 20.2 Å². The lowest BCUT2D eigenvalue weighted by molar-refractivity contribution is 0.917. The molecule has 1 aliphatic heterocycles. The predicted molar refractivity (Wildman–Crippen MR) is 67.4 cm³/mol. The van der Waals surface area contributed by atoms with Gasteiger partial charge in [0.2, 0.25) is 0 Å². The highest BCUT2D eigenvalue weighted by molar-refractivity contribution is 7.47. The molecule has 0 aliphatic carbocycles. The highest BCUT2D eigenvalue weighted by Crippen LogP contribution is 2.27. The molecule has 1 heterocycles. The molecule has 1 aromatic rings. The number of hydrogen-bond donors (Lipinski definition) is 1. The maximum Gasteiger partial charge on any atom is 0.0415 e. The van der Waals surface area contributed by atoms with E-state index in [-0.39, 0.29) is 0 Å². The predicted octanol–water partition coefficient (Wildman–Crippen LogP) is 2.47. The first-order chi connectivity index (χ1) is 6.77. The monoisotopic (exact) mass is 229 g/mol. The van der Waals surface area contributed by atoms with Crippen molar-refractivity contribution in [3.63, 3.8) is 0 Å². The maximum absolute atomic E-state index is 5.99.